The standard InChI is InChI=1S/C16H21BrO/c17-15-8-3-1-2-6-12(15)10-13-11-18-16-9-5-4-7-14(13)16/h4-5,7,9,12-13,15H,1-3,6,8,10-11H2. The van der Waals surface area contributed by atoms with E-state index in [-0.39, 0.29) is 0 Å². The van der Waals surface area contributed by atoms with Crippen molar-refractivity contribution in [2.45, 2.75) is 49.3 Å². The van der Waals surface area contributed by atoms with E-state index in [0.29, 0.717) is 10.7 Å². The first kappa shape index (κ1) is 12.5. The highest BCUT2D eigenvalue weighted by atomic mass is 79.9. The molecule has 1 aromatic carbocycles. The summed E-state index contributed by atoms with van der Waals surface area (Å²) in [4.78, 5) is 0.716. The van der Waals surface area contributed by atoms with E-state index < -0.39 is 0 Å². The molecule has 0 spiro atoms. The first-order chi connectivity index (χ1) is 8.84. The van der Waals surface area contributed by atoms with Gasteiger partial charge in [-0.25, -0.2) is 0 Å². The molecule has 0 N–H and O–H groups in total. The van der Waals surface area contributed by atoms with Gasteiger partial charge >= 0.3 is 0 Å². The van der Waals surface area contributed by atoms with Crippen LogP contribution in [0.2, 0.25) is 0 Å². The van der Waals surface area contributed by atoms with Gasteiger partial charge in [-0.1, -0.05) is 53.4 Å². The molecule has 2 aliphatic rings. The maximum Gasteiger partial charge on any atom is 0.122 e. The van der Waals surface area contributed by atoms with Gasteiger partial charge in [0, 0.05) is 16.3 Å². The quantitative estimate of drug-likeness (QED) is 0.558. The molecule has 0 amide bonds. The number of rotatable bonds is 2. The van der Waals surface area contributed by atoms with Gasteiger partial charge in [0.15, 0.2) is 0 Å². The lowest BCUT2D eigenvalue weighted by molar-refractivity contribution is 0.300. The van der Waals surface area contributed by atoms with Gasteiger partial charge in [0.05, 0.1) is 6.61 Å². The third-order valence-electron chi connectivity index (χ3n) is 4.45. The number of hydrogen-bond donors (Lipinski definition) is 0. The van der Waals surface area contributed by atoms with Gasteiger partial charge in [-0.15, -0.1) is 0 Å². The minimum Gasteiger partial charge on any atom is -0.493 e. The summed E-state index contributed by atoms with van der Waals surface area (Å²) in [6, 6.07) is 8.56. The summed E-state index contributed by atoms with van der Waals surface area (Å²) in [5.74, 6) is 2.55. The summed E-state index contributed by atoms with van der Waals surface area (Å²) >= 11 is 3.91. The summed E-state index contributed by atoms with van der Waals surface area (Å²) < 4.78 is 5.80. The lowest BCUT2D eigenvalue weighted by Crippen LogP contribution is -2.17. The van der Waals surface area contributed by atoms with Crippen molar-refractivity contribution in [2.24, 2.45) is 5.92 Å². The highest BCUT2D eigenvalue weighted by molar-refractivity contribution is 9.09. The van der Waals surface area contributed by atoms with Crippen molar-refractivity contribution in [1.29, 1.82) is 0 Å². The molecule has 3 unspecified atom stereocenters. The topological polar surface area (TPSA) is 9.23 Å². The van der Waals surface area contributed by atoms with Crippen LogP contribution in [0.3, 0.4) is 0 Å². The van der Waals surface area contributed by atoms with Gasteiger partial charge in [0.1, 0.15) is 5.75 Å². The highest BCUT2D eigenvalue weighted by Crippen LogP contribution is 2.41. The predicted octanol–water partition coefficient (Wildman–Crippen LogP) is 4.90. The Balaban J connectivity index is 1.70. The van der Waals surface area contributed by atoms with Crippen LogP contribution in [0.25, 0.3) is 0 Å². The molecule has 0 aromatic heterocycles. The van der Waals surface area contributed by atoms with Crippen LogP contribution < -0.4 is 4.74 Å². The maximum atomic E-state index is 5.80. The predicted molar refractivity (Wildman–Crippen MR) is 78.6 cm³/mol. The monoisotopic (exact) mass is 308 g/mol. The normalized spacial score (nSPS) is 31.5. The van der Waals surface area contributed by atoms with Crippen LogP contribution in [0, 0.1) is 5.92 Å². The van der Waals surface area contributed by atoms with E-state index in [1.807, 2.05) is 0 Å². The Morgan fingerprint density at radius 1 is 1.11 bits per heavy atom. The van der Waals surface area contributed by atoms with E-state index in [1.165, 1.54) is 44.1 Å². The molecule has 1 saturated carbocycles. The minimum absolute atomic E-state index is 0.615. The zero-order valence-electron chi connectivity index (χ0n) is 10.8. The van der Waals surface area contributed by atoms with Crippen LogP contribution in [0.4, 0.5) is 0 Å². The molecular formula is C16H21BrO. The van der Waals surface area contributed by atoms with Crippen LogP contribution in [0.5, 0.6) is 5.75 Å². The highest BCUT2D eigenvalue weighted by Gasteiger charge is 2.29. The van der Waals surface area contributed by atoms with Gasteiger partial charge in [-0.05, 0) is 31.2 Å². The second-order valence-corrected chi connectivity index (χ2v) is 6.87. The lowest BCUT2D eigenvalue weighted by atomic mass is 9.86. The summed E-state index contributed by atoms with van der Waals surface area (Å²) in [5.41, 5.74) is 1.43. The first-order valence-corrected chi connectivity index (χ1v) is 8.12. The third-order valence-corrected chi connectivity index (χ3v) is 5.66. The molecule has 0 saturated heterocycles. The van der Waals surface area contributed by atoms with E-state index in [0.717, 1.165) is 18.3 Å². The third kappa shape index (κ3) is 2.59. The van der Waals surface area contributed by atoms with E-state index in [4.69, 9.17) is 4.74 Å². The molecule has 3 atom stereocenters. The summed E-state index contributed by atoms with van der Waals surface area (Å²) in [7, 11) is 0. The van der Waals surface area contributed by atoms with Crippen molar-refractivity contribution < 1.29 is 4.74 Å². The van der Waals surface area contributed by atoms with Crippen molar-refractivity contribution in [1.82, 2.24) is 0 Å². The van der Waals surface area contributed by atoms with E-state index in [2.05, 4.69) is 40.2 Å². The number of benzene rings is 1. The number of fused-ring (bicyclic) bond motifs is 1. The van der Waals surface area contributed by atoms with Crippen molar-refractivity contribution in [3.05, 3.63) is 29.8 Å². The SMILES string of the molecule is BrC1CCCCCC1CC1COc2ccccc21. The molecule has 2 heteroatoms. The number of para-hydroxylation sites is 1. The number of ether oxygens (including phenoxy) is 1. The molecule has 1 heterocycles. The Kier molecular flexibility index (Phi) is 3.93. The molecule has 1 aliphatic heterocycles. The summed E-state index contributed by atoms with van der Waals surface area (Å²) in [6.07, 6.45) is 8.23. The Morgan fingerprint density at radius 3 is 2.89 bits per heavy atom. The zero-order chi connectivity index (χ0) is 12.4. The first-order valence-electron chi connectivity index (χ1n) is 7.20. The van der Waals surface area contributed by atoms with Crippen LogP contribution >= 0.6 is 15.9 Å². The van der Waals surface area contributed by atoms with E-state index >= 15 is 0 Å². The number of alkyl halides is 1. The fourth-order valence-electron chi connectivity index (χ4n) is 3.39. The van der Waals surface area contributed by atoms with Crippen molar-refractivity contribution in [2.75, 3.05) is 6.61 Å². The molecule has 98 valence electrons. The largest absolute Gasteiger partial charge is 0.493 e. The van der Waals surface area contributed by atoms with Crippen molar-refractivity contribution >= 4 is 15.9 Å². The van der Waals surface area contributed by atoms with Crippen LogP contribution in [-0.4, -0.2) is 11.4 Å². The van der Waals surface area contributed by atoms with Crippen molar-refractivity contribution in [3.8, 4) is 5.75 Å². The lowest BCUT2D eigenvalue weighted by Gasteiger charge is -2.22. The average Bonchev–Trinajstić information content (AvgIpc) is 2.69. The Morgan fingerprint density at radius 2 is 1.94 bits per heavy atom. The fourth-order valence-corrected chi connectivity index (χ4v) is 4.20. The zero-order valence-corrected chi connectivity index (χ0v) is 12.4. The fraction of sp³-hybridized carbons (Fsp3) is 0.625. The molecule has 1 aromatic rings. The van der Waals surface area contributed by atoms with Crippen LogP contribution in [-0.2, 0) is 0 Å². The molecule has 1 aliphatic carbocycles. The average molecular weight is 309 g/mol. The van der Waals surface area contributed by atoms with E-state index in [9.17, 15) is 0 Å². The minimum atomic E-state index is 0.615. The molecule has 1 nitrogen and oxygen atoms in total. The van der Waals surface area contributed by atoms with Gasteiger partial charge in [0.2, 0.25) is 0 Å². The molecule has 18 heavy (non-hydrogen) atoms. The summed E-state index contributed by atoms with van der Waals surface area (Å²) in [5, 5.41) is 0. The van der Waals surface area contributed by atoms with Gasteiger partial charge in [0.25, 0.3) is 0 Å². The second kappa shape index (κ2) is 5.64. The molecular weight excluding hydrogens is 288 g/mol. The summed E-state index contributed by atoms with van der Waals surface area (Å²) in [6.45, 7) is 0.884. The smallest absolute Gasteiger partial charge is 0.122 e. The molecule has 1 fully saturated rings. The number of hydrogen-bond acceptors (Lipinski definition) is 1. The molecule has 3 rings (SSSR count). The van der Waals surface area contributed by atoms with Crippen LogP contribution in [0.15, 0.2) is 24.3 Å². The Labute approximate surface area is 118 Å². The van der Waals surface area contributed by atoms with Gasteiger partial charge < -0.3 is 4.74 Å². The maximum absolute atomic E-state index is 5.80. The Bertz CT molecular complexity index is 404. The van der Waals surface area contributed by atoms with Gasteiger partial charge in [-0.2, -0.15) is 0 Å². The van der Waals surface area contributed by atoms with E-state index in [1.54, 1.807) is 0 Å². The van der Waals surface area contributed by atoms with Crippen LogP contribution in [0.1, 0.15) is 50.0 Å². The molecule has 0 bridgehead atoms. The van der Waals surface area contributed by atoms with Gasteiger partial charge in [-0.3, -0.25) is 0 Å². The Hall–Kier alpha value is -0.500. The molecule has 0 radical (unpaired) electrons. The number of halogens is 1. The van der Waals surface area contributed by atoms with Crippen molar-refractivity contribution in [3.63, 3.8) is 0 Å². The second-order valence-electron chi connectivity index (χ2n) is 5.70.